The van der Waals surface area contributed by atoms with Crippen LogP contribution in [-0.2, 0) is 16.9 Å². The predicted octanol–water partition coefficient (Wildman–Crippen LogP) is 0.585. The number of amides is 1. The van der Waals surface area contributed by atoms with Gasteiger partial charge in [-0.05, 0) is 0 Å². The number of aromatic carboxylic acids is 1. The molecular formula is C12H12ClN5O7S. The van der Waals surface area contributed by atoms with Crippen LogP contribution in [0.3, 0.4) is 0 Å². The molecule has 0 aliphatic heterocycles. The Morgan fingerprint density at radius 2 is 1.77 bits per heavy atom. The van der Waals surface area contributed by atoms with E-state index in [1.165, 1.54) is 20.3 Å². The summed E-state index contributed by atoms with van der Waals surface area (Å²) in [6.45, 7) is 0. The third-order valence-corrected chi connectivity index (χ3v) is 4.81. The fourth-order valence-corrected chi connectivity index (χ4v) is 3.46. The van der Waals surface area contributed by atoms with Crippen LogP contribution in [-0.4, -0.2) is 58.7 Å². The van der Waals surface area contributed by atoms with Crippen molar-refractivity contribution in [1.82, 2.24) is 19.7 Å². The molecule has 140 valence electrons. The molecule has 0 aromatic carbocycles. The van der Waals surface area contributed by atoms with E-state index in [0.29, 0.717) is 4.68 Å². The molecule has 2 aromatic heterocycles. The van der Waals surface area contributed by atoms with Crippen LogP contribution in [0.2, 0.25) is 5.15 Å². The molecule has 0 saturated heterocycles. The fraction of sp³-hybridized carbons (Fsp3) is 0.250. The first-order valence-electron chi connectivity index (χ1n) is 6.60. The van der Waals surface area contributed by atoms with E-state index in [9.17, 15) is 18.0 Å². The Hall–Kier alpha value is -2.93. The Labute approximate surface area is 151 Å². The first-order chi connectivity index (χ1) is 12.1. The molecule has 2 rings (SSSR count). The smallest absolute Gasteiger partial charge is 0.349 e. The van der Waals surface area contributed by atoms with Crippen molar-refractivity contribution in [2.45, 2.75) is 5.03 Å². The number of hydrogen-bond donors (Lipinski definition) is 2. The highest BCUT2D eigenvalue weighted by atomic mass is 35.5. The molecule has 26 heavy (non-hydrogen) atoms. The van der Waals surface area contributed by atoms with Crippen LogP contribution in [0.5, 0.6) is 11.8 Å². The number of sulfone groups is 1. The van der Waals surface area contributed by atoms with Gasteiger partial charge in [0, 0.05) is 7.05 Å². The Balaban J connectivity index is 2.46. The van der Waals surface area contributed by atoms with Gasteiger partial charge in [-0.25, -0.2) is 13.2 Å². The zero-order valence-corrected chi connectivity index (χ0v) is 15.1. The van der Waals surface area contributed by atoms with Crippen molar-refractivity contribution in [3.8, 4) is 11.8 Å². The fourth-order valence-electron chi connectivity index (χ4n) is 1.88. The summed E-state index contributed by atoms with van der Waals surface area (Å²) in [5.41, 5.74) is -0.826. The number of aryl methyl sites for hydroxylation is 1. The number of nitrogens with zero attached hydrogens (tertiary/aromatic N) is 4. The van der Waals surface area contributed by atoms with Crippen molar-refractivity contribution in [1.29, 1.82) is 0 Å². The highest BCUT2D eigenvalue weighted by Crippen LogP contribution is 2.25. The molecule has 0 radical (unpaired) electrons. The van der Waals surface area contributed by atoms with Gasteiger partial charge < -0.3 is 14.6 Å². The van der Waals surface area contributed by atoms with Gasteiger partial charge in [0.2, 0.25) is 17.7 Å². The van der Waals surface area contributed by atoms with Crippen LogP contribution in [0.1, 0.15) is 10.4 Å². The monoisotopic (exact) mass is 405 g/mol. The largest absolute Gasteiger partial charge is 0.481 e. The number of carbonyl (C=O) groups excluding carboxylic acids is 1. The average Bonchev–Trinajstić information content (AvgIpc) is 2.89. The molecule has 0 fully saturated rings. The lowest BCUT2D eigenvalue weighted by molar-refractivity contribution is 0.0692. The van der Waals surface area contributed by atoms with Crippen molar-refractivity contribution >= 4 is 38.6 Å². The molecule has 2 aromatic rings. The summed E-state index contributed by atoms with van der Waals surface area (Å²) >= 11 is 5.63. The van der Waals surface area contributed by atoms with E-state index in [2.05, 4.69) is 15.1 Å². The molecule has 0 atom stereocenters. The van der Waals surface area contributed by atoms with Crippen LogP contribution in [0.4, 0.5) is 10.7 Å². The topological polar surface area (TPSA) is 163 Å². The van der Waals surface area contributed by atoms with E-state index in [-0.39, 0.29) is 11.8 Å². The van der Waals surface area contributed by atoms with Crippen molar-refractivity contribution in [3.05, 3.63) is 16.8 Å². The molecule has 12 nitrogen and oxygen atoms in total. The highest BCUT2D eigenvalue weighted by Gasteiger charge is 2.36. The molecule has 0 saturated carbocycles. The lowest BCUT2D eigenvalue weighted by Gasteiger charge is -2.08. The van der Waals surface area contributed by atoms with Crippen LogP contribution >= 0.6 is 11.6 Å². The summed E-state index contributed by atoms with van der Waals surface area (Å²) in [5.74, 6) is -2.09. The Bertz CT molecular complexity index is 966. The van der Waals surface area contributed by atoms with Crippen LogP contribution in [0.25, 0.3) is 0 Å². The SMILES string of the molecule is COc1cc(OC)nc(NC(=O)S(=O)(=O)c2c(C(=O)O)c(Cl)nn2C)n1. The van der Waals surface area contributed by atoms with Gasteiger partial charge in [0.05, 0.1) is 20.3 Å². The second-order valence-electron chi connectivity index (χ2n) is 4.59. The molecule has 0 unspecified atom stereocenters. The number of aromatic nitrogens is 4. The van der Waals surface area contributed by atoms with Gasteiger partial charge in [0.1, 0.15) is 5.56 Å². The first-order valence-corrected chi connectivity index (χ1v) is 8.46. The minimum absolute atomic E-state index is 0.000601. The molecule has 0 aliphatic carbocycles. The number of carboxylic acid groups (broad SMARTS) is 1. The summed E-state index contributed by atoms with van der Waals surface area (Å²) in [5, 5.41) is 11.5. The molecular weight excluding hydrogens is 394 g/mol. The van der Waals surface area contributed by atoms with Crippen molar-refractivity contribution in [3.63, 3.8) is 0 Å². The first kappa shape index (κ1) is 19.4. The van der Waals surface area contributed by atoms with Gasteiger partial charge in [-0.3, -0.25) is 14.8 Å². The maximum Gasteiger partial charge on any atom is 0.349 e. The number of rotatable bonds is 5. The lowest BCUT2D eigenvalue weighted by atomic mass is 10.4. The number of carboxylic acids is 1. The number of halogens is 1. The number of hydrogen-bond acceptors (Lipinski definition) is 9. The third-order valence-electron chi connectivity index (χ3n) is 2.98. The van der Waals surface area contributed by atoms with E-state index < -0.39 is 42.7 Å². The number of methoxy groups -OCH3 is 2. The second kappa shape index (κ2) is 7.13. The van der Waals surface area contributed by atoms with Crippen LogP contribution in [0.15, 0.2) is 11.1 Å². The summed E-state index contributed by atoms with van der Waals surface area (Å²) in [7, 11) is -1.12. The number of ether oxygens (including phenoxy) is 2. The summed E-state index contributed by atoms with van der Waals surface area (Å²) in [6, 6.07) is 1.30. The maximum atomic E-state index is 12.5. The molecule has 2 heterocycles. The number of carbonyl (C=O) groups is 2. The molecule has 1 amide bonds. The Morgan fingerprint density at radius 1 is 1.23 bits per heavy atom. The van der Waals surface area contributed by atoms with Gasteiger partial charge in [-0.1, -0.05) is 11.6 Å². The van der Waals surface area contributed by atoms with Crippen LogP contribution in [0, 0.1) is 0 Å². The molecule has 0 aliphatic rings. The summed E-state index contributed by atoms with van der Waals surface area (Å²) in [6.07, 6.45) is 0. The van der Waals surface area contributed by atoms with Crippen molar-refractivity contribution in [2.24, 2.45) is 7.05 Å². The van der Waals surface area contributed by atoms with Crippen molar-refractivity contribution < 1.29 is 32.6 Å². The van der Waals surface area contributed by atoms with E-state index in [0.717, 1.165) is 7.05 Å². The zero-order valence-electron chi connectivity index (χ0n) is 13.5. The lowest BCUT2D eigenvalue weighted by Crippen LogP contribution is -2.26. The minimum atomic E-state index is -4.84. The summed E-state index contributed by atoms with van der Waals surface area (Å²) < 4.78 is 35.4. The quantitative estimate of drug-likeness (QED) is 0.719. The number of nitrogens with one attached hydrogen (secondary N) is 1. The van der Waals surface area contributed by atoms with Gasteiger partial charge in [-0.2, -0.15) is 15.1 Å². The zero-order chi connectivity index (χ0) is 19.6. The van der Waals surface area contributed by atoms with E-state index in [4.69, 9.17) is 26.2 Å². The highest BCUT2D eigenvalue weighted by molar-refractivity contribution is 8.06. The molecule has 2 N–H and O–H groups in total. The standard InChI is InChI=1S/C12H12ClN5O7S/c1-18-9(7(10(19)20)8(13)17-18)26(22,23)12(21)16-11-14-5(24-2)4-6(15-11)25-3/h4H,1-3H3,(H,19,20)(H,14,15,16,21). The normalized spacial score (nSPS) is 11.1. The number of anilines is 1. The van der Waals surface area contributed by atoms with Gasteiger partial charge in [0.25, 0.3) is 9.84 Å². The van der Waals surface area contributed by atoms with Gasteiger partial charge in [-0.15, -0.1) is 0 Å². The van der Waals surface area contributed by atoms with E-state index >= 15 is 0 Å². The molecule has 0 spiro atoms. The Morgan fingerprint density at radius 3 is 2.23 bits per heavy atom. The maximum absolute atomic E-state index is 12.5. The molecule has 14 heteroatoms. The third kappa shape index (κ3) is 3.52. The van der Waals surface area contributed by atoms with Crippen LogP contribution < -0.4 is 14.8 Å². The van der Waals surface area contributed by atoms with Crippen molar-refractivity contribution in [2.75, 3.05) is 19.5 Å². The Kier molecular flexibility index (Phi) is 5.32. The summed E-state index contributed by atoms with van der Waals surface area (Å²) in [4.78, 5) is 31.0. The minimum Gasteiger partial charge on any atom is -0.481 e. The van der Waals surface area contributed by atoms with E-state index in [1.807, 2.05) is 5.32 Å². The average molecular weight is 406 g/mol. The molecule has 0 bridgehead atoms. The van der Waals surface area contributed by atoms with E-state index in [1.54, 1.807) is 0 Å². The predicted molar refractivity (Wildman–Crippen MR) is 86.5 cm³/mol. The van der Waals surface area contributed by atoms with Gasteiger partial charge >= 0.3 is 11.2 Å². The second-order valence-corrected chi connectivity index (χ2v) is 6.71. The van der Waals surface area contributed by atoms with Gasteiger partial charge in [0.15, 0.2) is 10.2 Å².